The van der Waals surface area contributed by atoms with Crippen LogP contribution in [-0.4, -0.2) is 46.6 Å². The predicted octanol–water partition coefficient (Wildman–Crippen LogP) is 3.08. The second-order valence-corrected chi connectivity index (χ2v) is 7.06. The van der Waals surface area contributed by atoms with Crippen LogP contribution < -0.4 is 14.8 Å². The molecule has 0 bridgehead atoms. The fourth-order valence-electron chi connectivity index (χ4n) is 3.46. The molecule has 4 aromatic rings. The van der Waals surface area contributed by atoms with Gasteiger partial charge in [0.1, 0.15) is 0 Å². The number of nitrogens with zero attached hydrogens (tertiary/aromatic N) is 3. The van der Waals surface area contributed by atoms with E-state index in [4.69, 9.17) is 9.47 Å². The van der Waals surface area contributed by atoms with Gasteiger partial charge in [-0.1, -0.05) is 6.07 Å². The number of benzene rings is 2. The van der Waals surface area contributed by atoms with Crippen LogP contribution in [0, 0.1) is 0 Å². The van der Waals surface area contributed by atoms with Crippen molar-refractivity contribution in [3.05, 3.63) is 42.2 Å². The molecule has 0 radical (unpaired) electrons. The van der Waals surface area contributed by atoms with Crippen LogP contribution in [-0.2, 0) is 0 Å². The summed E-state index contributed by atoms with van der Waals surface area (Å²) >= 11 is 0. The molecule has 0 saturated heterocycles. The molecule has 1 aliphatic rings. The molecule has 2 heterocycles. The van der Waals surface area contributed by atoms with Gasteiger partial charge in [0.25, 0.3) is 5.91 Å². The minimum atomic E-state index is -0.139. The van der Waals surface area contributed by atoms with Gasteiger partial charge in [-0.05, 0) is 36.6 Å². The van der Waals surface area contributed by atoms with E-state index in [1.165, 1.54) is 0 Å². The Balaban J connectivity index is 1.60. The van der Waals surface area contributed by atoms with Crippen LogP contribution in [0.1, 0.15) is 23.3 Å². The molecule has 2 aromatic heterocycles. The summed E-state index contributed by atoms with van der Waals surface area (Å²) in [6.45, 7) is 0. The maximum absolute atomic E-state index is 12.4. The quantitative estimate of drug-likeness (QED) is 0.544. The van der Waals surface area contributed by atoms with Gasteiger partial charge in [0, 0.05) is 28.4 Å². The molecule has 1 aliphatic carbocycles. The zero-order valence-electron chi connectivity index (χ0n) is 16.0. The third kappa shape index (κ3) is 3.02. The van der Waals surface area contributed by atoms with Gasteiger partial charge >= 0.3 is 0 Å². The van der Waals surface area contributed by atoms with Gasteiger partial charge in [-0.15, -0.1) is 0 Å². The standard InChI is InChI=1S/C21H19N5O3/c1-28-18-8-14-15(10-22-24-17(14)9-19(18)29-2)11-3-6-13-16(7-11)25-26-20(13)21(27)23-12-4-5-12/h3,6-10,12H,4-5H2,1-2H3,(H,23,27)(H,25,26). The van der Waals surface area contributed by atoms with Crippen molar-refractivity contribution in [2.24, 2.45) is 0 Å². The lowest BCUT2D eigenvalue weighted by molar-refractivity contribution is 0.0947. The number of nitrogens with one attached hydrogen (secondary N) is 2. The number of amides is 1. The lowest BCUT2D eigenvalue weighted by Crippen LogP contribution is -2.25. The van der Waals surface area contributed by atoms with Crippen molar-refractivity contribution >= 4 is 27.7 Å². The molecule has 5 rings (SSSR count). The average molecular weight is 389 g/mol. The minimum Gasteiger partial charge on any atom is -0.493 e. The van der Waals surface area contributed by atoms with E-state index in [1.54, 1.807) is 26.5 Å². The molecule has 1 saturated carbocycles. The van der Waals surface area contributed by atoms with Crippen LogP contribution in [0.4, 0.5) is 0 Å². The second kappa shape index (κ2) is 6.73. The van der Waals surface area contributed by atoms with E-state index in [0.717, 1.165) is 40.3 Å². The molecular weight excluding hydrogens is 370 g/mol. The molecule has 0 atom stereocenters. The van der Waals surface area contributed by atoms with E-state index in [9.17, 15) is 4.79 Å². The number of carbonyl (C=O) groups is 1. The highest BCUT2D eigenvalue weighted by atomic mass is 16.5. The number of methoxy groups -OCH3 is 2. The van der Waals surface area contributed by atoms with Crippen molar-refractivity contribution in [2.75, 3.05) is 14.2 Å². The SMILES string of the molecule is COc1cc2nncc(-c3ccc4c(C(=O)NC5CC5)n[nH]c4c3)c2cc1OC. The molecule has 0 unspecified atom stereocenters. The first-order chi connectivity index (χ1) is 14.2. The summed E-state index contributed by atoms with van der Waals surface area (Å²) in [7, 11) is 3.19. The van der Waals surface area contributed by atoms with Gasteiger partial charge < -0.3 is 14.8 Å². The van der Waals surface area contributed by atoms with Gasteiger partial charge in [0.15, 0.2) is 17.2 Å². The number of hydrogen-bond donors (Lipinski definition) is 2. The lowest BCUT2D eigenvalue weighted by atomic mass is 10.0. The number of aromatic amines is 1. The van der Waals surface area contributed by atoms with Crippen molar-refractivity contribution in [3.8, 4) is 22.6 Å². The number of hydrogen-bond acceptors (Lipinski definition) is 6. The Morgan fingerprint density at radius 3 is 2.66 bits per heavy atom. The minimum absolute atomic E-state index is 0.139. The Hall–Kier alpha value is -3.68. The smallest absolute Gasteiger partial charge is 0.272 e. The zero-order valence-corrected chi connectivity index (χ0v) is 16.0. The number of H-pyrrole nitrogens is 1. The normalized spacial score (nSPS) is 13.6. The first-order valence-electron chi connectivity index (χ1n) is 9.34. The van der Waals surface area contributed by atoms with Gasteiger partial charge in [-0.25, -0.2) is 0 Å². The van der Waals surface area contributed by atoms with Crippen molar-refractivity contribution < 1.29 is 14.3 Å². The van der Waals surface area contributed by atoms with Crippen LogP contribution in [0.2, 0.25) is 0 Å². The van der Waals surface area contributed by atoms with E-state index in [2.05, 4.69) is 25.7 Å². The fraction of sp³-hybridized carbons (Fsp3) is 0.238. The van der Waals surface area contributed by atoms with Gasteiger partial charge in [0.05, 0.1) is 31.4 Å². The molecule has 8 nitrogen and oxygen atoms in total. The number of fused-ring (bicyclic) bond motifs is 2. The molecule has 8 heteroatoms. The Bertz CT molecular complexity index is 1250. The topological polar surface area (TPSA) is 102 Å². The summed E-state index contributed by atoms with van der Waals surface area (Å²) in [5.41, 5.74) is 3.74. The number of rotatable bonds is 5. The van der Waals surface area contributed by atoms with Gasteiger partial charge in [0.2, 0.25) is 0 Å². The largest absolute Gasteiger partial charge is 0.493 e. The van der Waals surface area contributed by atoms with E-state index in [-0.39, 0.29) is 11.9 Å². The Morgan fingerprint density at radius 1 is 1.10 bits per heavy atom. The van der Waals surface area contributed by atoms with Crippen molar-refractivity contribution in [2.45, 2.75) is 18.9 Å². The number of carbonyl (C=O) groups excluding carboxylic acids is 1. The van der Waals surface area contributed by atoms with E-state index in [0.29, 0.717) is 22.7 Å². The molecule has 146 valence electrons. The number of ether oxygens (including phenoxy) is 2. The van der Waals surface area contributed by atoms with Crippen molar-refractivity contribution in [1.82, 2.24) is 25.7 Å². The maximum atomic E-state index is 12.4. The summed E-state index contributed by atoms with van der Waals surface area (Å²) in [5, 5.41) is 20.2. The Kier molecular flexibility index (Phi) is 4.04. The first kappa shape index (κ1) is 17.4. The van der Waals surface area contributed by atoms with Crippen LogP contribution in [0.5, 0.6) is 11.5 Å². The first-order valence-corrected chi connectivity index (χ1v) is 9.34. The third-order valence-corrected chi connectivity index (χ3v) is 5.15. The molecule has 1 amide bonds. The average Bonchev–Trinajstić information content (AvgIpc) is 3.46. The molecular formula is C21H19N5O3. The Morgan fingerprint density at radius 2 is 1.90 bits per heavy atom. The van der Waals surface area contributed by atoms with Crippen molar-refractivity contribution in [3.63, 3.8) is 0 Å². The fourth-order valence-corrected chi connectivity index (χ4v) is 3.46. The van der Waals surface area contributed by atoms with Crippen LogP contribution in [0.15, 0.2) is 36.5 Å². The monoisotopic (exact) mass is 389 g/mol. The van der Waals surface area contributed by atoms with Gasteiger partial charge in [-0.2, -0.15) is 15.3 Å². The van der Waals surface area contributed by atoms with E-state index >= 15 is 0 Å². The van der Waals surface area contributed by atoms with Crippen molar-refractivity contribution in [1.29, 1.82) is 0 Å². The molecule has 0 spiro atoms. The third-order valence-electron chi connectivity index (χ3n) is 5.15. The van der Waals surface area contributed by atoms with E-state index < -0.39 is 0 Å². The van der Waals surface area contributed by atoms with E-state index in [1.807, 2.05) is 24.3 Å². The van der Waals surface area contributed by atoms with Crippen LogP contribution >= 0.6 is 0 Å². The lowest BCUT2D eigenvalue weighted by Gasteiger charge is -2.11. The highest BCUT2D eigenvalue weighted by molar-refractivity contribution is 6.06. The zero-order chi connectivity index (χ0) is 20.0. The van der Waals surface area contributed by atoms with Crippen LogP contribution in [0.25, 0.3) is 32.9 Å². The Labute approximate surface area is 166 Å². The highest BCUT2D eigenvalue weighted by Gasteiger charge is 2.25. The summed E-state index contributed by atoms with van der Waals surface area (Å²) in [6.07, 6.45) is 3.79. The second-order valence-electron chi connectivity index (χ2n) is 7.06. The summed E-state index contributed by atoms with van der Waals surface area (Å²) in [4.78, 5) is 12.4. The van der Waals surface area contributed by atoms with Crippen LogP contribution in [0.3, 0.4) is 0 Å². The molecule has 0 aliphatic heterocycles. The predicted molar refractivity (Wildman–Crippen MR) is 108 cm³/mol. The summed E-state index contributed by atoms with van der Waals surface area (Å²) in [5.74, 6) is 1.08. The number of aromatic nitrogens is 4. The molecule has 2 N–H and O–H groups in total. The maximum Gasteiger partial charge on any atom is 0.272 e. The summed E-state index contributed by atoms with van der Waals surface area (Å²) in [6, 6.07) is 9.81. The van der Waals surface area contributed by atoms with Gasteiger partial charge in [-0.3, -0.25) is 9.89 Å². The molecule has 2 aromatic carbocycles. The molecule has 29 heavy (non-hydrogen) atoms. The summed E-state index contributed by atoms with van der Waals surface area (Å²) < 4.78 is 10.8. The highest BCUT2D eigenvalue weighted by Crippen LogP contribution is 2.36. The molecule has 1 fully saturated rings.